The van der Waals surface area contributed by atoms with E-state index in [1.54, 1.807) is 48.5 Å². The van der Waals surface area contributed by atoms with Gasteiger partial charge in [0.25, 0.3) is 11.8 Å². The Kier molecular flexibility index (Phi) is 6.16. The van der Waals surface area contributed by atoms with E-state index in [0.717, 1.165) is 4.47 Å². The van der Waals surface area contributed by atoms with Crippen LogP contribution in [0.4, 0.5) is 11.4 Å². The second-order valence-corrected chi connectivity index (χ2v) is 7.38. The first-order valence-electron chi connectivity index (χ1n) is 7.86. The van der Waals surface area contributed by atoms with Crippen LogP contribution in [0, 0.1) is 0 Å². The molecule has 4 nitrogen and oxygen atoms in total. The number of nitrogens with one attached hydrogen (secondary N) is 2. The quantitative estimate of drug-likeness (QED) is 0.479. The smallest absolute Gasteiger partial charge is 0.257 e. The van der Waals surface area contributed by atoms with E-state index in [1.807, 2.05) is 12.1 Å². The second kappa shape index (κ2) is 8.57. The van der Waals surface area contributed by atoms with Crippen LogP contribution in [0.3, 0.4) is 0 Å². The van der Waals surface area contributed by atoms with Crippen molar-refractivity contribution >= 4 is 62.3 Å². The van der Waals surface area contributed by atoms with Gasteiger partial charge >= 0.3 is 0 Å². The molecule has 0 spiro atoms. The van der Waals surface area contributed by atoms with Crippen molar-refractivity contribution < 1.29 is 9.59 Å². The molecule has 0 aromatic heterocycles. The molecule has 0 saturated carbocycles. The molecule has 0 aliphatic heterocycles. The lowest BCUT2D eigenvalue weighted by atomic mass is 10.1. The van der Waals surface area contributed by atoms with Gasteiger partial charge in [-0.1, -0.05) is 39.1 Å². The fraction of sp³-hybridized carbons (Fsp3) is 0. The SMILES string of the molecule is O=C(Nc1ccc(Br)cc1)c1ccc(NC(=O)c2ccc(Cl)cc2Cl)cc1. The van der Waals surface area contributed by atoms with Gasteiger partial charge in [0.05, 0.1) is 10.6 Å². The van der Waals surface area contributed by atoms with Crippen molar-refractivity contribution in [2.24, 2.45) is 0 Å². The molecule has 3 rings (SSSR count). The third-order valence-corrected chi connectivity index (χ3v) is 4.76. The van der Waals surface area contributed by atoms with E-state index in [1.165, 1.54) is 6.07 Å². The summed E-state index contributed by atoms with van der Waals surface area (Å²) in [4.78, 5) is 24.6. The highest BCUT2D eigenvalue weighted by Gasteiger charge is 2.12. The Bertz CT molecular complexity index is 990. The van der Waals surface area contributed by atoms with E-state index < -0.39 is 0 Å². The molecule has 0 fully saturated rings. The van der Waals surface area contributed by atoms with Gasteiger partial charge in [0, 0.05) is 26.4 Å². The van der Waals surface area contributed by atoms with E-state index in [9.17, 15) is 9.59 Å². The molecule has 0 bridgehead atoms. The van der Waals surface area contributed by atoms with E-state index in [2.05, 4.69) is 26.6 Å². The number of hydrogen-bond donors (Lipinski definition) is 2. The summed E-state index contributed by atoms with van der Waals surface area (Å²) in [5.74, 6) is -0.598. The highest BCUT2D eigenvalue weighted by molar-refractivity contribution is 9.10. The number of amides is 2. The first-order valence-corrected chi connectivity index (χ1v) is 9.40. The molecule has 2 amide bonds. The molecule has 0 unspecified atom stereocenters. The molecule has 0 atom stereocenters. The zero-order valence-corrected chi connectivity index (χ0v) is 16.9. The van der Waals surface area contributed by atoms with Crippen LogP contribution in [0.1, 0.15) is 20.7 Å². The average molecular weight is 464 g/mol. The summed E-state index contributed by atoms with van der Waals surface area (Å²) in [6, 6.07) is 18.5. The van der Waals surface area contributed by atoms with Gasteiger partial charge in [-0.15, -0.1) is 0 Å². The largest absolute Gasteiger partial charge is 0.322 e. The molecule has 0 radical (unpaired) electrons. The fourth-order valence-corrected chi connectivity index (χ4v) is 3.07. The summed E-state index contributed by atoms with van der Waals surface area (Å²) >= 11 is 15.2. The van der Waals surface area contributed by atoms with Crippen LogP contribution in [0.15, 0.2) is 71.2 Å². The lowest BCUT2D eigenvalue weighted by Crippen LogP contribution is -2.14. The van der Waals surface area contributed by atoms with Crippen molar-refractivity contribution in [3.05, 3.63) is 92.4 Å². The number of hydrogen-bond acceptors (Lipinski definition) is 2. The van der Waals surface area contributed by atoms with Crippen molar-refractivity contribution in [1.82, 2.24) is 0 Å². The highest BCUT2D eigenvalue weighted by atomic mass is 79.9. The van der Waals surface area contributed by atoms with Crippen LogP contribution in [0.25, 0.3) is 0 Å². The van der Waals surface area contributed by atoms with Crippen LogP contribution in [0.2, 0.25) is 10.0 Å². The van der Waals surface area contributed by atoms with E-state index >= 15 is 0 Å². The number of benzene rings is 3. The number of halogens is 3. The van der Waals surface area contributed by atoms with Crippen molar-refractivity contribution in [2.75, 3.05) is 10.6 Å². The normalized spacial score (nSPS) is 10.3. The lowest BCUT2D eigenvalue weighted by Gasteiger charge is -2.09. The molecule has 0 aliphatic carbocycles. The van der Waals surface area contributed by atoms with Gasteiger partial charge in [0.1, 0.15) is 0 Å². The molecule has 136 valence electrons. The maximum absolute atomic E-state index is 12.3. The molecule has 27 heavy (non-hydrogen) atoms. The minimum Gasteiger partial charge on any atom is -0.322 e. The van der Waals surface area contributed by atoms with Crippen molar-refractivity contribution in [3.63, 3.8) is 0 Å². The highest BCUT2D eigenvalue weighted by Crippen LogP contribution is 2.22. The first-order chi connectivity index (χ1) is 12.9. The Labute approximate surface area is 174 Å². The molecule has 0 heterocycles. The Hall–Kier alpha value is -2.34. The topological polar surface area (TPSA) is 58.2 Å². The summed E-state index contributed by atoms with van der Waals surface area (Å²) in [5.41, 5.74) is 2.03. The maximum atomic E-state index is 12.3. The van der Waals surface area contributed by atoms with Crippen molar-refractivity contribution in [2.45, 2.75) is 0 Å². The number of anilines is 2. The van der Waals surface area contributed by atoms with Crippen molar-refractivity contribution in [3.8, 4) is 0 Å². The summed E-state index contributed by atoms with van der Waals surface area (Å²) in [6.45, 7) is 0. The van der Waals surface area contributed by atoms with Gasteiger partial charge < -0.3 is 10.6 Å². The summed E-state index contributed by atoms with van der Waals surface area (Å²) in [7, 11) is 0. The molecule has 0 saturated heterocycles. The predicted molar refractivity (Wildman–Crippen MR) is 113 cm³/mol. The summed E-state index contributed by atoms with van der Waals surface area (Å²) < 4.78 is 0.932. The van der Waals surface area contributed by atoms with Gasteiger partial charge in [0.15, 0.2) is 0 Å². The Morgan fingerprint density at radius 1 is 0.741 bits per heavy atom. The zero-order valence-electron chi connectivity index (χ0n) is 13.8. The van der Waals surface area contributed by atoms with E-state index in [0.29, 0.717) is 27.5 Å². The Balaban J connectivity index is 1.66. The van der Waals surface area contributed by atoms with Gasteiger partial charge in [-0.2, -0.15) is 0 Å². The standard InChI is InChI=1S/C20H13BrCl2N2O2/c21-13-3-8-16(9-4-13)24-19(26)12-1-6-15(7-2-12)25-20(27)17-10-5-14(22)11-18(17)23/h1-11H,(H,24,26)(H,25,27). The zero-order chi connectivity index (χ0) is 19.4. The van der Waals surface area contributed by atoms with Crippen LogP contribution in [0.5, 0.6) is 0 Å². The van der Waals surface area contributed by atoms with Crippen molar-refractivity contribution in [1.29, 1.82) is 0 Å². The number of carbonyl (C=O) groups is 2. The Morgan fingerprint density at radius 3 is 1.89 bits per heavy atom. The summed E-state index contributed by atoms with van der Waals surface area (Å²) in [5, 5.41) is 6.27. The third-order valence-electron chi connectivity index (χ3n) is 3.68. The van der Waals surface area contributed by atoms with E-state index in [4.69, 9.17) is 23.2 Å². The minimum absolute atomic E-state index is 0.240. The third kappa shape index (κ3) is 5.10. The molecule has 0 aliphatic rings. The lowest BCUT2D eigenvalue weighted by molar-refractivity contribution is 0.102. The molecule has 2 N–H and O–H groups in total. The van der Waals surface area contributed by atoms with E-state index in [-0.39, 0.29) is 16.8 Å². The molecule has 7 heteroatoms. The van der Waals surface area contributed by atoms with Crippen LogP contribution in [-0.4, -0.2) is 11.8 Å². The van der Waals surface area contributed by atoms with Crippen LogP contribution >= 0.6 is 39.1 Å². The molecule has 3 aromatic carbocycles. The monoisotopic (exact) mass is 462 g/mol. The maximum Gasteiger partial charge on any atom is 0.257 e. The first kappa shape index (κ1) is 19.4. The van der Waals surface area contributed by atoms with Crippen LogP contribution < -0.4 is 10.6 Å². The Morgan fingerprint density at radius 2 is 1.30 bits per heavy atom. The molecular weight excluding hydrogens is 451 g/mol. The molecule has 3 aromatic rings. The molecular formula is C20H13BrCl2N2O2. The summed E-state index contributed by atoms with van der Waals surface area (Å²) in [6.07, 6.45) is 0. The average Bonchev–Trinajstić information content (AvgIpc) is 2.64. The second-order valence-electron chi connectivity index (χ2n) is 5.62. The predicted octanol–water partition coefficient (Wildman–Crippen LogP) is 6.26. The van der Waals surface area contributed by atoms with Gasteiger partial charge in [0.2, 0.25) is 0 Å². The van der Waals surface area contributed by atoms with Crippen LogP contribution in [-0.2, 0) is 0 Å². The van der Waals surface area contributed by atoms with Gasteiger partial charge in [-0.25, -0.2) is 0 Å². The minimum atomic E-state index is -0.358. The van der Waals surface area contributed by atoms with Gasteiger partial charge in [-0.05, 0) is 66.7 Å². The number of rotatable bonds is 4. The fourth-order valence-electron chi connectivity index (χ4n) is 2.31. The number of carbonyl (C=O) groups excluding carboxylic acids is 2. The van der Waals surface area contributed by atoms with Gasteiger partial charge in [-0.3, -0.25) is 9.59 Å².